The largest absolute Gasteiger partial charge is 0.393 e. The molecule has 2 N–H and O–H groups in total. The van der Waals surface area contributed by atoms with Gasteiger partial charge >= 0.3 is 0 Å². The summed E-state index contributed by atoms with van der Waals surface area (Å²) in [6.45, 7) is 5.71. The molecule has 2 unspecified atom stereocenters. The topological polar surface area (TPSA) is 52.6 Å². The van der Waals surface area contributed by atoms with Crippen molar-refractivity contribution in [3.63, 3.8) is 0 Å². The Morgan fingerprint density at radius 3 is 2.67 bits per heavy atom. The Bertz CT molecular complexity index is 267. The minimum Gasteiger partial charge on any atom is -0.393 e. The van der Waals surface area contributed by atoms with Crippen molar-refractivity contribution in [3.05, 3.63) is 0 Å². The summed E-state index contributed by atoms with van der Waals surface area (Å²) in [5.41, 5.74) is 0. The average molecular weight is 254 g/mol. The van der Waals surface area contributed by atoms with E-state index in [-0.39, 0.29) is 6.10 Å². The number of rotatable bonds is 4. The maximum Gasteiger partial charge on any atom is 0.222 e. The Labute approximate surface area is 110 Å². The van der Waals surface area contributed by atoms with Gasteiger partial charge in [-0.25, -0.2) is 0 Å². The van der Waals surface area contributed by atoms with Gasteiger partial charge < -0.3 is 15.3 Å². The molecule has 2 aliphatic rings. The molecule has 1 amide bonds. The van der Waals surface area contributed by atoms with Crippen LogP contribution in [-0.4, -0.2) is 48.2 Å². The molecule has 0 aromatic heterocycles. The summed E-state index contributed by atoms with van der Waals surface area (Å²) in [6.07, 6.45) is 4.63. The third-order valence-electron chi connectivity index (χ3n) is 4.50. The number of nitrogens with one attached hydrogen (secondary N) is 1. The minimum atomic E-state index is -0.230. The average Bonchev–Trinajstić information content (AvgIpc) is 2.89. The number of carbonyl (C=O) groups is 1. The number of likely N-dealkylation sites (tertiary alicyclic amines) is 1. The lowest BCUT2D eigenvalue weighted by Crippen LogP contribution is -2.40. The van der Waals surface area contributed by atoms with Crippen molar-refractivity contribution in [2.45, 2.75) is 45.1 Å². The van der Waals surface area contributed by atoms with Crippen molar-refractivity contribution in [1.29, 1.82) is 0 Å². The first-order valence-electron chi connectivity index (χ1n) is 7.33. The van der Waals surface area contributed by atoms with Crippen LogP contribution in [0.2, 0.25) is 0 Å². The maximum absolute atomic E-state index is 12.1. The van der Waals surface area contributed by atoms with E-state index in [1.165, 1.54) is 6.42 Å². The Morgan fingerprint density at radius 2 is 2.11 bits per heavy atom. The van der Waals surface area contributed by atoms with Crippen LogP contribution in [0.5, 0.6) is 0 Å². The van der Waals surface area contributed by atoms with Crippen LogP contribution in [0.1, 0.15) is 39.0 Å². The van der Waals surface area contributed by atoms with E-state index in [9.17, 15) is 9.90 Å². The molecule has 0 aromatic rings. The van der Waals surface area contributed by atoms with Gasteiger partial charge in [0, 0.05) is 19.5 Å². The van der Waals surface area contributed by atoms with E-state index in [4.69, 9.17) is 0 Å². The number of hydrogen-bond acceptors (Lipinski definition) is 3. The molecule has 0 saturated carbocycles. The van der Waals surface area contributed by atoms with Crippen LogP contribution in [0.4, 0.5) is 0 Å². The van der Waals surface area contributed by atoms with Crippen molar-refractivity contribution in [1.82, 2.24) is 10.2 Å². The lowest BCUT2D eigenvalue weighted by atomic mass is 9.92. The summed E-state index contributed by atoms with van der Waals surface area (Å²) in [5, 5.41) is 12.9. The molecule has 2 fully saturated rings. The highest BCUT2D eigenvalue weighted by atomic mass is 16.3. The monoisotopic (exact) mass is 254 g/mol. The maximum atomic E-state index is 12.1. The molecule has 0 bridgehead atoms. The summed E-state index contributed by atoms with van der Waals surface area (Å²) < 4.78 is 0. The summed E-state index contributed by atoms with van der Waals surface area (Å²) in [6, 6.07) is 0. The van der Waals surface area contributed by atoms with Gasteiger partial charge in [0.1, 0.15) is 0 Å². The molecule has 4 nitrogen and oxygen atoms in total. The summed E-state index contributed by atoms with van der Waals surface area (Å²) >= 11 is 0. The van der Waals surface area contributed by atoms with Gasteiger partial charge in [-0.05, 0) is 57.5 Å². The number of piperidine rings is 1. The standard InChI is InChI=1S/C14H26N2O2/c1-11(17)13-5-8-16(9-6-13)14(18)3-2-12-4-7-15-10-12/h11-13,15,17H,2-10H2,1H3. The molecular weight excluding hydrogens is 228 g/mol. The van der Waals surface area contributed by atoms with Crippen LogP contribution in [-0.2, 0) is 4.79 Å². The molecule has 4 heteroatoms. The Morgan fingerprint density at radius 1 is 1.39 bits per heavy atom. The highest BCUT2D eigenvalue weighted by molar-refractivity contribution is 5.76. The van der Waals surface area contributed by atoms with Crippen LogP contribution in [0.15, 0.2) is 0 Å². The van der Waals surface area contributed by atoms with Crippen molar-refractivity contribution >= 4 is 5.91 Å². The van der Waals surface area contributed by atoms with Crippen LogP contribution >= 0.6 is 0 Å². The van der Waals surface area contributed by atoms with Crippen LogP contribution in [0, 0.1) is 11.8 Å². The zero-order chi connectivity index (χ0) is 13.0. The molecule has 0 spiro atoms. The lowest BCUT2D eigenvalue weighted by Gasteiger charge is -2.33. The molecule has 2 saturated heterocycles. The van der Waals surface area contributed by atoms with Crippen LogP contribution < -0.4 is 5.32 Å². The number of hydrogen-bond donors (Lipinski definition) is 2. The van der Waals surface area contributed by atoms with Gasteiger partial charge in [-0.3, -0.25) is 4.79 Å². The fourth-order valence-corrected chi connectivity index (χ4v) is 3.08. The first-order valence-corrected chi connectivity index (χ1v) is 7.33. The third kappa shape index (κ3) is 3.69. The quantitative estimate of drug-likeness (QED) is 0.787. The predicted octanol–water partition coefficient (Wildman–Crippen LogP) is 0.995. The molecule has 0 radical (unpaired) electrons. The predicted molar refractivity (Wildman–Crippen MR) is 71.2 cm³/mol. The van der Waals surface area contributed by atoms with E-state index in [1.807, 2.05) is 11.8 Å². The molecule has 0 aliphatic carbocycles. The van der Waals surface area contributed by atoms with Gasteiger partial charge in [-0.1, -0.05) is 0 Å². The Hall–Kier alpha value is -0.610. The van der Waals surface area contributed by atoms with Crippen molar-refractivity contribution in [2.75, 3.05) is 26.2 Å². The van der Waals surface area contributed by atoms with E-state index in [0.29, 0.717) is 24.2 Å². The second-order valence-electron chi connectivity index (χ2n) is 5.86. The number of carbonyl (C=O) groups excluding carboxylic acids is 1. The van der Waals surface area contributed by atoms with Crippen molar-refractivity contribution in [2.24, 2.45) is 11.8 Å². The molecule has 2 rings (SSSR count). The zero-order valence-electron chi connectivity index (χ0n) is 11.4. The van der Waals surface area contributed by atoms with Crippen molar-refractivity contribution in [3.8, 4) is 0 Å². The molecule has 2 heterocycles. The molecule has 0 aromatic carbocycles. The van der Waals surface area contributed by atoms with E-state index in [2.05, 4.69) is 5.32 Å². The number of aliphatic hydroxyl groups excluding tert-OH is 1. The second-order valence-corrected chi connectivity index (χ2v) is 5.86. The van der Waals surface area contributed by atoms with E-state index < -0.39 is 0 Å². The molecular formula is C14H26N2O2. The molecule has 2 atom stereocenters. The van der Waals surface area contributed by atoms with Gasteiger partial charge in [0.15, 0.2) is 0 Å². The first-order chi connectivity index (χ1) is 8.66. The minimum absolute atomic E-state index is 0.230. The molecule has 2 aliphatic heterocycles. The van der Waals surface area contributed by atoms with Gasteiger partial charge in [0.2, 0.25) is 5.91 Å². The first kappa shape index (κ1) is 13.8. The zero-order valence-corrected chi connectivity index (χ0v) is 11.4. The summed E-state index contributed by atoms with van der Waals surface area (Å²) in [5.74, 6) is 1.39. The highest BCUT2D eigenvalue weighted by Gasteiger charge is 2.25. The summed E-state index contributed by atoms with van der Waals surface area (Å²) in [4.78, 5) is 14.1. The van der Waals surface area contributed by atoms with Crippen LogP contribution in [0.3, 0.4) is 0 Å². The second kappa shape index (κ2) is 6.53. The summed E-state index contributed by atoms with van der Waals surface area (Å²) in [7, 11) is 0. The number of amides is 1. The molecule has 18 heavy (non-hydrogen) atoms. The third-order valence-corrected chi connectivity index (χ3v) is 4.50. The van der Waals surface area contributed by atoms with E-state index in [1.54, 1.807) is 0 Å². The fraction of sp³-hybridized carbons (Fsp3) is 0.929. The fourth-order valence-electron chi connectivity index (χ4n) is 3.08. The number of nitrogens with zero attached hydrogens (tertiary/aromatic N) is 1. The smallest absolute Gasteiger partial charge is 0.222 e. The Balaban J connectivity index is 1.67. The van der Waals surface area contributed by atoms with Gasteiger partial charge in [-0.2, -0.15) is 0 Å². The van der Waals surface area contributed by atoms with Gasteiger partial charge in [0.25, 0.3) is 0 Å². The van der Waals surface area contributed by atoms with Crippen molar-refractivity contribution < 1.29 is 9.90 Å². The lowest BCUT2D eigenvalue weighted by molar-refractivity contribution is -0.133. The van der Waals surface area contributed by atoms with E-state index >= 15 is 0 Å². The van der Waals surface area contributed by atoms with E-state index in [0.717, 1.165) is 45.4 Å². The van der Waals surface area contributed by atoms with Gasteiger partial charge in [-0.15, -0.1) is 0 Å². The SMILES string of the molecule is CC(O)C1CCN(C(=O)CCC2CCNC2)CC1. The highest BCUT2D eigenvalue weighted by Crippen LogP contribution is 2.22. The normalized spacial score (nSPS) is 27.4. The Kier molecular flexibility index (Phi) is 5.01. The molecule has 104 valence electrons. The van der Waals surface area contributed by atoms with Gasteiger partial charge in [0.05, 0.1) is 6.10 Å². The van der Waals surface area contributed by atoms with Crippen LogP contribution in [0.25, 0.3) is 0 Å². The number of aliphatic hydroxyl groups is 1.